The van der Waals surface area contributed by atoms with Gasteiger partial charge in [0.1, 0.15) is 23.7 Å². The molecular formula is C9H4FNO3. The highest BCUT2D eigenvalue weighted by atomic mass is 19.1. The summed E-state index contributed by atoms with van der Waals surface area (Å²) in [6.07, 6.45) is 0.316. The molecule has 1 aromatic carbocycles. The number of carbonyl (C=O) groups excluding carboxylic acids is 1. The second kappa shape index (κ2) is 3.66. The zero-order valence-electron chi connectivity index (χ0n) is 6.82. The van der Waals surface area contributed by atoms with Gasteiger partial charge in [-0.1, -0.05) is 0 Å². The van der Waals surface area contributed by atoms with Gasteiger partial charge in [0, 0.05) is 5.56 Å². The van der Waals surface area contributed by atoms with Crippen LogP contribution in [0.1, 0.15) is 26.3 Å². The Kier molecular flexibility index (Phi) is 2.58. The zero-order valence-corrected chi connectivity index (χ0v) is 6.82. The van der Waals surface area contributed by atoms with E-state index in [2.05, 4.69) is 0 Å². The van der Waals surface area contributed by atoms with Gasteiger partial charge in [0.25, 0.3) is 0 Å². The van der Waals surface area contributed by atoms with Crippen LogP contribution in [0.5, 0.6) is 0 Å². The minimum Gasteiger partial charge on any atom is -0.478 e. The summed E-state index contributed by atoms with van der Waals surface area (Å²) in [5.74, 6) is -2.45. The van der Waals surface area contributed by atoms with Gasteiger partial charge in [-0.3, -0.25) is 4.79 Å². The fourth-order valence-electron chi connectivity index (χ4n) is 0.978. The Labute approximate surface area is 78.2 Å². The number of carboxylic acids is 1. The van der Waals surface area contributed by atoms with E-state index in [1.807, 2.05) is 0 Å². The molecule has 0 atom stereocenters. The number of hydrogen-bond donors (Lipinski definition) is 1. The van der Waals surface area contributed by atoms with Gasteiger partial charge in [-0.05, 0) is 12.1 Å². The number of hydrogen-bond acceptors (Lipinski definition) is 3. The number of carbonyl (C=O) groups is 2. The van der Waals surface area contributed by atoms with E-state index in [0.717, 1.165) is 12.1 Å². The molecule has 0 unspecified atom stereocenters. The van der Waals surface area contributed by atoms with E-state index in [1.165, 1.54) is 6.07 Å². The van der Waals surface area contributed by atoms with Crippen LogP contribution in [0.4, 0.5) is 4.39 Å². The Bertz CT molecular complexity index is 448. The minimum atomic E-state index is -1.44. The second-order valence-electron chi connectivity index (χ2n) is 2.46. The summed E-state index contributed by atoms with van der Waals surface area (Å²) in [6.45, 7) is 0. The molecular weight excluding hydrogens is 189 g/mol. The first-order valence-electron chi connectivity index (χ1n) is 3.52. The molecule has 0 heterocycles. The van der Waals surface area contributed by atoms with Crippen molar-refractivity contribution in [2.45, 2.75) is 0 Å². The van der Waals surface area contributed by atoms with Crippen LogP contribution in [-0.4, -0.2) is 17.4 Å². The molecule has 70 valence electrons. The lowest BCUT2D eigenvalue weighted by atomic mass is 10.0. The first-order chi connectivity index (χ1) is 6.60. The molecule has 0 amide bonds. The maximum atomic E-state index is 13.0. The summed E-state index contributed by atoms with van der Waals surface area (Å²) in [5.41, 5.74) is -1.18. The van der Waals surface area contributed by atoms with E-state index in [4.69, 9.17) is 10.4 Å². The van der Waals surface area contributed by atoms with E-state index < -0.39 is 22.9 Å². The van der Waals surface area contributed by atoms with Crippen molar-refractivity contribution in [1.29, 1.82) is 5.26 Å². The number of halogens is 1. The molecule has 0 aliphatic carbocycles. The minimum absolute atomic E-state index is 0.112. The van der Waals surface area contributed by atoms with Gasteiger partial charge in [0.2, 0.25) is 0 Å². The highest BCUT2D eigenvalue weighted by Gasteiger charge is 2.15. The Hall–Kier alpha value is -2.22. The molecule has 0 radical (unpaired) electrons. The molecule has 1 aromatic rings. The quantitative estimate of drug-likeness (QED) is 0.716. The number of carboxylic acid groups (broad SMARTS) is 1. The maximum Gasteiger partial charge on any atom is 0.337 e. The van der Waals surface area contributed by atoms with Crippen molar-refractivity contribution in [2.24, 2.45) is 0 Å². The van der Waals surface area contributed by atoms with Crippen LogP contribution in [-0.2, 0) is 0 Å². The molecule has 0 aliphatic rings. The molecule has 0 fully saturated rings. The number of benzene rings is 1. The van der Waals surface area contributed by atoms with Crippen molar-refractivity contribution in [3.8, 4) is 6.07 Å². The van der Waals surface area contributed by atoms with Gasteiger partial charge in [-0.2, -0.15) is 5.26 Å². The Morgan fingerprint density at radius 3 is 2.64 bits per heavy atom. The molecule has 5 heteroatoms. The highest BCUT2D eigenvalue weighted by Crippen LogP contribution is 2.14. The van der Waals surface area contributed by atoms with E-state index in [0.29, 0.717) is 6.29 Å². The van der Waals surface area contributed by atoms with E-state index >= 15 is 0 Å². The van der Waals surface area contributed by atoms with Gasteiger partial charge in [0.15, 0.2) is 0 Å². The number of aromatic carboxylic acids is 1. The Balaban J connectivity index is 3.53. The average Bonchev–Trinajstić information content (AvgIpc) is 2.16. The third-order valence-electron chi connectivity index (χ3n) is 1.59. The van der Waals surface area contributed by atoms with Gasteiger partial charge in [-0.25, -0.2) is 9.18 Å². The van der Waals surface area contributed by atoms with Crippen LogP contribution >= 0.6 is 0 Å². The van der Waals surface area contributed by atoms with Gasteiger partial charge < -0.3 is 5.11 Å². The fraction of sp³-hybridized carbons (Fsp3) is 0. The number of rotatable bonds is 2. The second-order valence-corrected chi connectivity index (χ2v) is 2.46. The van der Waals surface area contributed by atoms with Crippen LogP contribution in [0.25, 0.3) is 0 Å². The summed E-state index contributed by atoms with van der Waals surface area (Å²) in [4.78, 5) is 20.9. The third-order valence-corrected chi connectivity index (χ3v) is 1.59. The van der Waals surface area contributed by atoms with Crippen LogP contribution in [0, 0.1) is 17.1 Å². The fourth-order valence-corrected chi connectivity index (χ4v) is 0.978. The maximum absolute atomic E-state index is 13.0. The number of nitriles is 1. The lowest BCUT2D eigenvalue weighted by molar-refractivity contribution is 0.0696. The number of nitrogens with zero attached hydrogens (tertiary/aromatic N) is 1. The molecule has 0 saturated heterocycles. The van der Waals surface area contributed by atoms with Crippen molar-refractivity contribution in [2.75, 3.05) is 0 Å². The van der Waals surface area contributed by atoms with Gasteiger partial charge in [-0.15, -0.1) is 0 Å². The molecule has 1 N–H and O–H groups in total. The van der Waals surface area contributed by atoms with Crippen molar-refractivity contribution in [3.63, 3.8) is 0 Å². The van der Waals surface area contributed by atoms with Gasteiger partial charge >= 0.3 is 5.97 Å². The lowest BCUT2D eigenvalue weighted by Crippen LogP contribution is -2.04. The highest BCUT2D eigenvalue weighted by molar-refractivity contribution is 5.93. The largest absolute Gasteiger partial charge is 0.478 e. The standard InChI is InChI=1S/C9H4FNO3/c10-8-2-5(4-12)1-6(9(13)14)7(8)3-11/h1-2,4H,(H,13,14). The van der Waals surface area contributed by atoms with Crippen molar-refractivity contribution in [3.05, 3.63) is 34.6 Å². The normalized spacial score (nSPS) is 9.14. The van der Waals surface area contributed by atoms with E-state index in [1.54, 1.807) is 0 Å². The Morgan fingerprint density at radius 1 is 1.57 bits per heavy atom. The summed E-state index contributed by atoms with van der Waals surface area (Å²) >= 11 is 0. The molecule has 0 aliphatic heterocycles. The molecule has 0 spiro atoms. The first-order valence-corrected chi connectivity index (χ1v) is 3.52. The Morgan fingerprint density at radius 2 is 2.21 bits per heavy atom. The molecule has 4 nitrogen and oxygen atoms in total. The summed E-state index contributed by atoms with van der Waals surface area (Å²) < 4.78 is 13.0. The molecule has 0 aromatic heterocycles. The predicted molar refractivity (Wildman–Crippen MR) is 43.5 cm³/mol. The number of aldehydes is 1. The van der Waals surface area contributed by atoms with Crippen molar-refractivity contribution >= 4 is 12.3 Å². The monoisotopic (exact) mass is 193 g/mol. The summed E-state index contributed by atoms with van der Waals surface area (Å²) in [7, 11) is 0. The molecule has 14 heavy (non-hydrogen) atoms. The van der Waals surface area contributed by atoms with E-state index in [-0.39, 0.29) is 5.56 Å². The average molecular weight is 193 g/mol. The summed E-state index contributed by atoms with van der Waals surface area (Å²) in [6, 6.07) is 3.20. The molecule has 1 rings (SSSR count). The van der Waals surface area contributed by atoms with Gasteiger partial charge in [0.05, 0.1) is 5.56 Å². The predicted octanol–water partition coefficient (Wildman–Crippen LogP) is 1.21. The zero-order chi connectivity index (χ0) is 10.7. The summed E-state index contributed by atoms with van der Waals surface area (Å²) in [5, 5.41) is 17.1. The smallest absolute Gasteiger partial charge is 0.337 e. The van der Waals surface area contributed by atoms with Crippen molar-refractivity contribution < 1.29 is 19.1 Å². The van der Waals surface area contributed by atoms with Crippen LogP contribution in [0.2, 0.25) is 0 Å². The SMILES string of the molecule is N#Cc1c(F)cc(C=O)cc1C(=O)O. The van der Waals surface area contributed by atoms with Crippen LogP contribution < -0.4 is 0 Å². The first kappa shape index (κ1) is 9.86. The lowest BCUT2D eigenvalue weighted by Gasteiger charge is -2.00. The topological polar surface area (TPSA) is 78.2 Å². The van der Waals surface area contributed by atoms with Crippen molar-refractivity contribution in [1.82, 2.24) is 0 Å². The van der Waals surface area contributed by atoms with Crippen LogP contribution in [0.15, 0.2) is 12.1 Å². The third kappa shape index (κ3) is 1.59. The van der Waals surface area contributed by atoms with Crippen LogP contribution in [0.3, 0.4) is 0 Å². The molecule has 0 bridgehead atoms. The van der Waals surface area contributed by atoms with E-state index in [9.17, 15) is 14.0 Å². The molecule has 0 saturated carbocycles.